The molecule has 2 aromatic carbocycles. The van der Waals surface area contributed by atoms with E-state index >= 15 is 0 Å². The van der Waals surface area contributed by atoms with E-state index in [1.807, 2.05) is 12.1 Å². The van der Waals surface area contributed by atoms with Crippen LogP contribution in [0.1, 0.15) is 56.1 Å². The molecule has 5 rings (SSSR count). The minimum atomic E-state index is 0.123. The van der Waals surface area contributed by atoms with Gasteiger partial charge in [-0.1, -0.05) is 55.3 Å². The molecule has 1 atom stereocenters. The number of benzene rings is 2. The SMILES string of the molecule is COc1cccc(CN2CCC3(CC2)C[C@@H]3C(=O)NCC2(c3ccccc3)CCCC2)c1OC. The van der Waals surface area contributed by atoms with Crippen molar-refractivity contribution in [3.05, 3.63) is 59.7 Å². The van der Waals surface area contributed by atoms with Crippen molar-refractivity contribution >= 4 is 5.91 Å². The molecule has 1 aliphatic heterocycles. The molecule has 0 radical (unpaired) electrons. The topological polar surface area (TPSA) is 50.8 Å². The van der Waals surface area contributed by atoms with Gasteiger partial charge < -0.3 is 14.8 Å². The van der Waals surface area contributed by atoms with Crippen LogP contribution < -0.4 is 14.8 Å². The second-order valence-corrected chi connectivity index (χ2v) is 10.6. The zero-order valence-corrected chi connectivity index (χ0v) is 20.6. The molecule has 3 aliphatic rings. The number of carbonyl (C=O) groups excluding carboxylic acids is 1. The predicted molar refractivity (Wildman–Crippen MR) is 134 cm³/mol. The lowest BCUT2D eigenvalue weighted by Crippen LogP contribution is -2.41. The lowest BCUT2D eigenvalue weighted by Gasteiger charge is -2.33. The summed E-state index contributed by atoms with van der Waals surface area (Å²) in [4.78, 5) is 15.7. The number of ether oxygens (including phenoxy) is 2. The summed E-state index contributed by atoms with van der Waals surface area (Å²) in [6, 6.07) is 16.9. The summed E-state index contributed by atoms with van der Waals surface area (Å²) in [7, 11) is 3.38. The smallest absolute Gasteiger partial charge is 0.223 e. The van der Waals surface area contributed by atoms with E-state index in [9.17, 15) is 4.79 Å². The molecule has 1 spiro atoms. The Morgan fingerprint density at radius 1 is 0.971 bits per heavy atom. The van der Waals surface area contributed by atoms with Crippen molar-refractivity contribution in [3.8, 4) is 11.5 Å². The fourth-order valence-corrected chi connectivity index (χ4v) is 6.54. The van der Waals surface area contributed by atoms with Crippen molar-refractivity contribution in [2.75, 3.05) is 33.9 Å². The lowest BCUT2D eigenvalue weighted by atomic mass is 9.78. The summed E-state index contributed by atoms with van der Waals surface area (Å²) in [5.74, 6) is 2.08. The van der Waals surface area contributed by atoms with Crippen LogP contribution in [-0.4, -0.2) is 44.7 Å². The maximum absolute atomic E-state index is 13.2. The first-order valence-electron chi connectivity index (χ1n) is 12.8. The van der Waals surface area contributed by atoms with Crippen LogP contribution in [0.5, 0.6) is 11.5 Å². The van der Waals surface area contributed by atoms with Gasteiger partial charge in [-0.15, -0.1) is 0 Å². The first kappa shape index (κ1) is 23.2. The lowest BCUT2D eigenvalue weighted by molar-refractivity contribution is -0.123. The van der Waals surface area contributed by atoms with E-state index < -0.39 is 0 Å². The van der Waals surface area contributed by atoms with Crippen molar-refractivity contribution in [3.63, 3.8) is 0 Å². The van der Waals surface area contributed by atoms with Crippen LogP contribution in [0, 0.1) is 11.3 Å². The highest BCUT2D eigenvalue weighted by atomic mass is 16.5. The Labute approximate surface area is 203 Å². The second-order valence-electron chi connectivity index (χ2n) is 10.6. The molecule has 5 nitrogen and oxygen atoms in total. The zero-order chi connectivity index (χ0) is 23.6. The number of piperidine rings is 1. The first-order valence-corrected chi connectivity index (χ1v) is 12.8. The Morgan fingerprint density at radius 3 is 2.38 bits per heavy atom. The molecule has 0 unspecified atom stereocenters. The van der Waals surface area contributed by atoms with E-state index in [2.05, 4.69) is 46.6 Å². The Balaban J connectivity index is 1.15. The quantitative estimate of drug-likeness (QED) is 0.604. The minimum Gasteiger partial charge on any atom is -0.493 e. The van der Waals surface area contributed by atoms with Crippen LogP contribution in [0.4, 0.5) is 0 Å². The molecule has 3 fully saturated rings. The van der Waals surface area contributed by atoms with Crippen LogP contribution in [0.3, 0.4) is 0 Å². The Hall–Kier alpha value is -2.53. The molecule has 0 aromatic heterocycles. The van der Waals surface area contributed by atoms with Crippen LogP contribution >= 0.6 is 0 Å². The second kappa shape index (κ2) is 9.61. The summed E-state index contributed by atoms with van der Waals surface area (Å²) in [6.45, 7) is 3.69. The summed E-state index contributed by atoms with van der Waals surface area (Å²) in [6.07, 6.45) is 8.11. The molecule has 1 N–H and O–H groups in total. The van der Waals surface area contributed by atoms with E-state index in [0.29, 0.717) is 0 Å². The highest BCUT2D eigenvalue weighted by Gasteiger charge is 2.58. The molecule has 2 saturated carbocycles. The van der Waals surface area contributed by atoms with Crippen LogP contribution in [0.2, 0.25) is 0 Å². The van der Waals surface area contributed by atoms with Gasteiger partial charge in [-0.25, -0.2) is 0 Å². The molecule has 2 aromatic rings. The van der Waals surface area contributed by atoms with E-state index in [1.54, 1.807) is 14.2 Å². The van der Waals surface area contributed by atoms with Gasteiger partial charge in [0, 0.05) is 30.0 Å². The van der Waals surface area contributed by atoms with E-state index in [1.165, 1.54) is 31.2 Å². The number of para-hydroxylation sites is 1. The summed E-state index contributed by atoms with van der Waals surface area (Å²) < 4.78 is 11.1. The molecule has 5 heteroatoms. The van der Waals surface area contributed by atoms with Crippen molar-refractivity contribution in [1.82, 2.24) is 10.2 Å². The van der Waals surface area contributed by atoms with Crippen LogP contribution in [0.25, 0.3) is 0 Å². The van der Waals surface area contributed by atoms with Gasteiger partial charge in [0.25, 0.3) is 0 Å². The largest absolute Gasteiger partial charge is 0.493 e. The van der Waals surface area contributed by atoms with E-state index in [-0.39, 0.29) is 22.7 Å². The molecule has 34 heavy (non-hydrogen) atoms. The number of hydrogen-bond donors (Lipinski definition) is 1. The maximum Gasteiger partial charge on any atom is 0.223 e. The Bertz CT molecular complexity index is 992. The number of likely N-dealkylation sites (tertiary alicyclic amines) is 1. The molecule has 0 bridgehead atoms. The van der Waals surface area contributed by atoms with E-state index in [4.69, 9.17) is 9.47 Å². The summed E-state index contributed by atoms with van der Waals surface area (Å²) in [5, 5.41) is 3.39. The highest BCUT2D eigenvalue weighted by molar-refractivity contribution is 5.82. The molecule has 2 aliphatic carbocycles. The molecular formula is C29H38N2O3. The fourth-order valence-electron chi connectivity index (χ4n) is 6.54. The number of hydrogen-bond acceptors (Lipinski definition) is 4. The zero-order valence-electron chi connectivity index (χ0n) is 20.6. The summed E-state index contributed by atoms with van der Waals surface area (Å²) >= 11 is 0. The van der Waals surface area contributed by atoms with Crippen molar-refractivity contribution in [2.24, 2.45) is 11.3 Å². The third-order valence-corrected chi connectivity index (χ3v) is 8.78. The molecule has 182 valence electrons. The third-order valence-electron chi connectivity index (χ3n) is 8.78. The highest BCUT2D eigenvalue weighted by Crippen LogP contribution is 2.59. The average Bonchev–Trinajstić information content (AvgIpc) is 3.36. The Morgan fingerprint density at radius 2 is 1.71 bits per heavy atom. The van der Waals surface area contributed by atoms with Crippen molar-refractivity contribution in [1.29, 1.82) is 0 Å². The van der Waals surface area contributed by atoms with Gasteiger partial charge in [-0.05, 0) is 62.2 Å². The van der Waals surface area contributed by atoms with Gasteiger partial charge in [0.05, 0.1) is 14.2 Å². The number of methoxy groups -OCH3 is 2. The number of nitrogens with one attached hydrogen (secondary N) is 1. The molecule has 1 saturated heterocycles. The molecule has 1 heterocycles. The summed E-state index contributed by atoms with van der Waals surface area (Å²) in [5.41, 5.74) is 2.89. The third kappa shape index (κ3) is 4.43. The predicted octanol–water partition coefficient (Wildman–Crippen LogP) is 4.93. The molecular weight excluding hydrogens is 424 g/mol. The van der Waals surface area contributed by atoms with Crippen molar-refractivity contribution in [2.45, 2.75) is 56.9 Å². The van der Waals surface area contributed by atoms with Gasteiger partial charge in [0.15, 0.2) is 11.5 Å². The van der Waals surface area contributed by atoms with Gasteiger partial charge >= 0.3 is 0 Å². The number of rotatable bonds is 8. The normalized spacial score (nSPS) is 22.9. The number of amides is 1. The van der Waals surface area contributed by atoms with Gasteiger partial charge in [-0.2, -0.15) is 0 Å². The number of carbonyl (C=O) groups is 1. The van der Waals surface area contributed by atoms with Gasteiger partial charge in [0.1, 0.15) is 0 Å². The fraction of sp³-hybridized carbons (Fsp3) is 0.552. The van der Waals surface area contributed by atoms with E-state index in [0.717, 1.165) is 62.5 Å². The Kier molecular flexibility index (Phi) is 6.57. The van der Waals surface area contributed by atoms with Crippen LogP contribution in [-0.2, 0) is 16.8 Å². The standard InChI is InChI=1S/C29H38N2O3/c1-33-25-12-8-9-22(26(25)34-2)20-31-17-15-28(16-18-31)19-24(28)27(32)30-21-29(13-6-7-14-29)23-10-4-3-5-11-23/h3-5,8-12,24H,6-7,13-21H2,1-2H3,(H,30,32)/t24-/m1/s1. The maximum atomic E-state index is 13.2. The molecule has 1 amide bonds. The van der Waals surface area contributed by atoms with Crippen LogP contribution in [0.15, 0.2) is 48.5 Å². The monoisotopic (exact) mass is 462 g/mol. The van der Waals surface area contributed by atoms with Gasteiger partial charge in [-0.3, -0.25) is 9.69 Å². The average molecular weight is 463 g/mol. The van der Waals surface area contributed by atoms with Gasteiger partial charge in [0.2, 0.25) is 5.91 Å². The number of nitrogens with zero attached hydrogens (tertiary/aromatic N) is 1. The van der Waals surface area contributed by atoms with Crippen molar-refractivity contribution < 1.29 is 14.3 Å². The first-order chi connectivity index (χ1) is 16.6. The minimum absolute atomic E-state index is 0.123.